The van der Waals surface area contributed by atoms with Crippen molar-refractivity contribution in [2.45, 2.75) is 38.8 Å². The van der Waals surface area contributed by atoms with Crippen LogP contribution in [-0.2, 0) is 19.4 Å². The van der Waals surface area contributed by atoms with Crippen LogP contribution in [0.15, 0.2) is 29.4 Å². The fourth-order valence-electron chi connectivity index (χ4n) is 1.74. The van der Waals surface area contributed by atoms with Crippen LogP contribution in [0.2, 0.25) is 0 Å². The quantitative estimate of drug-likeness (QED) is 0.854. The Morgan fingerprint density at radius 1 is 1.53 bits per heavy atom. The van der Waals surface area contributed by atoms with E-state index in [0.717, 1.165) is 31.5 Å². The van der Waals surface area contributed by atoms with Crippen LogP contribution in [-0.4, -0.2) is 15.6 Å². The molecular formula is C13H19N3S. The third-order valence-corrected chi connectivity index (χ3v) is 3.65. The predicted octanol–water partition coefficient (Wildman–Crippen LogP) is 2.47. The van der Waals surface area contributed by atoms with Gasteiger partial charge in [0.25, 0.3) is 0 Å². The van der Waals surface area contributed by atoms with Gasteiger partial charge in [-0.25, -0.2) is 4.98 Å². The standard InChI is InChI=1S/C13H19N3S/c1-2-12(14)7-13-8-16(10-15-13)5-3-11-4-6-17-9-11/h4,6,8-10,12H,2-3,5,7,14H2,1H3. The number of nitrogens with two attached hydrogens (primary N) is 1. The molecule has 1 atom stereocenters. The topological polar surface area (TPSA) is 43.8 Å². The van der Waals surface area contributed by atoms with Crippen LogP contribution in [0.5, 0.6) is 0 Å². The lowest BCUT2D eigenvalue weighted by atomic mass is 10.1. The highest BCUT2D eigenvalue weighted by molar-refractivity contribution is 7.07. The van der Waals surface area contributed by atoms with Gasteiger partial charge in [0.05, 0.1) is 12.0 Å². The molecule has 0 radical (unpaired) electrons. The number of imidazole rings is 1. The molecule has 2 aromatic heterocycles. The first-order valence-corrected chi connectivity index (χ1v) is 6.99. The third-order valence-electron chi connectivity index (χ3n) is 2.92. The number of hydrogen-bond donors (Lipinski definition) is 1. The van der Waals surface area contributed by atoms with Crippen LogP contribution >= 0.6 is 11.3 Å². The van der Waals surface area contributed by atoms with Crippen LogP contribution in [0, 0.1) is 0 Å². The molecule has 0 saturated heterocycles. The molecule has 2 N–H and O–H groups in total. The Hall–Kier alpha value is -1.13. The van der Waals surface area contributed by atoms with Crippen molar-refractivity contribution in [1.29, 1.82) is 0 Å². The minimum absolute atomic E-state index is 0.232. The lowest BCUT2D eigenvalue weighted by molar-refractivity contribution is 0.636. The first kappa shape index (κ1) is 12.3. The lowest BCUT2D eigenvalue weighted by Crippen LogP contribution is -2.21. The fraction of sp³-hybridized carbons (Fsp3) is 0.462. The van der Waals surface area contributed by atoms with E-state index in [1.165, 1.54) is 5.56 Å². The zero-order chi connectivity index (χ0) is 12.1. The van der Waals surface area contributed by atoms with Crippen molar-refractivity contribution >= 4 is 11.3 Å². The first-order chi connectivity index (χ1) is 8.28. The van der Waals surface area contributed by atoms with E-state index in [4.69, 9.17) is 5.73 Å². The number of aryl methyl sites for hydroxylation is 2. The maximum Gasteiger partial charge on any atom is 0.0949 e. The molecule has 0 bridgehead atoms. The molecule has 0 aliphatic heterocycles. The van der Waals surface area contributed by atoms with E-state index in [1.54, 1.807) is 11.3 Å². The van der Waals surface area contributed by atoms with E-state index in [2.05, 4.69) is 39.5 Å². The largest absolute Gasteiger partial charge is 0.337 e. The van der Waals surface area contributed by atoms with Crippen molar-refractivity contribution in [2.75, 3.05) is 0 Å². The normalized spacial score (nSPS) is 12.8. The number of thiophene rings is 1. The van der Waals surface area contributed by atoms with Crippen molar-refractivity contribution < 1.29 is 0 Å². The lowest BCUT2D eigenvalue weighted by Gasteiger charge is -2.04. The van der Waals surface area contributed by atoms with Gasteiger partial charge in [-0.2, -0.15) is 11.3 Å². The summed E-state index contributed by atoms with van der Waals surface area (Å²) in [5, 5.41) is 4.32. The number of nitrogens with zero attached hydrogens (tertiary/aromatic N) is 2. The Morgan fingerprint density at radius 2 is 2.41 bits per heavy atom. The summed E-state index contributed by atoms with van der Waals surface area (Å²) in [5.74, 6) is 0. The summed E-state index contributed by atoms with van der Waals surface area (Å²) >= 11 is 1.75. The summed E-state index contributed by atoms with van der Waals surface area (Å²) in [6.07, 6.45) is 6.97. The monoisotopic (exact) mass is 249 g/mol. The molecule has 0 aliphatic rings. The second kappa shape index (κ2) is 5.98. The molecule has 2 aromatic rings. The van der Waals surface area contributed by atoms with Crippen LogP contribution < -0.4 is 5.73 Å². The summed E-state index contributed by atoms with van der Waals surface area (Å²) in [5.41, 5.74) is 8.42. The van der Waals surface area contributed by atoms with Crippen LogP contribution in [0.4, 0.5) is 0 Å². The highest BCUT2D eigenvalue weighted by Crippen LogP contribution is 2.08. The smallest absolute Gasteiger partial charge is 0.0949 e. The van der Waals surface area contributed by atoms with E-state index in [9.17, 15) is 0 Å². The molecule has 0 saturated carbocycles. The Kier molecular flexibility index (Phi) is 4.34. The minimum Gasteiger partial charge on any atom is -0.337 e. The van der Waals surface area contributed by atoms with Gasteiger partial charge in [-0.15, -0.1) is 0 Å². The van der Waals surface area contributed by atoms with Crippen molar-refractivity contribution in [3.63, 3.8) is 0 Å². The van der Waals surface area contributed by atoms with E-state index in [1.807, 2.05) is 6.33 Å². The number of hydrogen-bond acceptors (Lipinski definition) is 3. The molecule has 0 spiro atoms. The molecule has 4 heteroatoms. The third kappa shape index (κ3) is 3.68. The molecular weight excluding hydrogens is 230 g/mol. The van der Waals surface area contributed by atoms with Gasteiger partial charge in [0, 0.05) is 25.2 Å². The van der Waals surface area contributed by atoms with E-state index < -0.39 is 0 Å². The Bertz CT molecular complexity index is 433. The molecule has 0 aromatic carbocycles. The van der Waals surface area contributed by atoms with Gasteiger partial charge in [0.1, 0.15) is 0 Å². The van der Waals surface area contributed by atoms with Gasteiger partial charge < -0.3 is 10.3 Å². The molecule has 2 rings (SSSR count). The molecule has 0 amide bonds. The first-order valence-electron chi connectivity index (χ1n) is 6.05. The van der Waals surface area contributed by atoms with Gasteiger partial charge in [0.2, 0.25) is 0 Å². The Morgan fingerprint density at radius 3 is 3.12 bits per heavy atom. The number of rotatable bonds is 6. The predicted molar refractivity (Wildman–Crippen MR) is 72.2 cm³/mol. The molecule has 0 fully saturated rings. The molecule has 3 nitrogen and oxygen atoms in total. The van der Waals surface area contributed by atoms with Gasteiger partial charge in [0.15, 0.2) is 0 Å². The van der Waals surface area contributed by atoms with Gasteiger partial charge >= 0.3 is 0 Å². The summed E-state index contributed by atoms with van der Waals surface area (Å²) in [7, 11) is 0. The summed E-state index contributed by atoms with van der Waals surface area (Å²) < 4.78 is 2.15. The molecule has 0 aliphatic carbocycles. The van der Waals surface area contributed by atoms with E-state index in [0.29, 0.717) is 0 Å². The average molecular weight is 249 g/mol. The van der Waals surface area contributed by atoms with Crippen molar-refractivity contribution in [3.8, 4) is 0 Å². The van der Waals surface area contributed by atoms with Crippen molar-refractivity contribution in [2.24, 2.45) is 5.73 Å². The zero-order valence-corrected chi connectivity index (χ0v) is 11.0. The maximum atomic E-state index is 5.92. The fourth-order valence-corrected chi connectivity index (χ4v) is 2.44. The highest BCUT2D eigenvalue weighted by Gasteiger charge is 2.04. The van der Waals surface area contributed by atoms with E-state index >= 15 is 0 Å². The SMILES string of the molecule is CCC(N)Cc1cn(CCc2ccsc2)cn1. The van der Waals surface area contributed by atoms with Crippen molar-refractivity contribution in [1.82, 2.24) is 9.55 Å². The molecule has 1 unspecified atom stereocenters. The van der Waals surface area contributed by atoms with Gasteiger partial charge in [-0.3, -0.25) is 0 Å². The van der Waals surface area contributed by atoms with Crippen molar-refractivity contribution in [3.05, 3.63) is 40.6 Å². The minimum atomic E-state index is 0.232. The highest BCUT2D eigenvalue weighted by atomic mass is 32.1. The summed E-state index contributed by atoms with van der Waals surface area (Å²) in [6.45, 7) is 3.10. The Labute approximate surface area is 106 Å². The van der Waals surface area contributed by atoms with Crippen LogP contribution in [0.25, 0.3) is 0 Å². The van der Waals surface area contributed by atoms with Gasteiger partial charge in [-0.05, 0) is 35.2 Å². The summed E-state index contributed by atoms with van der Waals surface area (Å²) in [4.78, 5) is 4.39. The molecule has 17 heavy (non-hydrogen) atoms. The second-order valence-electron chi connectivity index (χ2n) is 4.36. The zero-order valence-electron chi connectivity index (χ0n) is 10.2. The molecule has 2 heterocycles. The number of aromatic nitrogens is 2. The average Bonchev–Trinajstić information content (AvgIpc) is 2.97. The van der Waals surface area contributed by atoms with E-state index in [-0.39, 0.29) is 6.04 Å². The maximum absolute atomic E-state index is 5.92. The van der Waals surface area contributed by atoms with Gasteiger partial charge in [-0.1, -0.05) is 6.92 Å². The second-order valence-corrected chi connectivity index (χ2v) is 5.14. The Balaban J connectivity index is 1.85. The van der Waals surface area contributed by atoms with Crippen LogP contribution in [0.3, 0.4) is 0 Å². The van der Waals surface area contributed by atoms with Crippen LogP contribution in [0.1, 0.15) is 24.6 Å². The molecule has 92 valence electrons. The summed E-state index contributed by atoms with van der Waals surface area (Å²) in [6, 6.07) is 2.41.